The van der Waals surface area contributed by atoms with E-state index in [9.17, 15) is 0 Å². The molecule has 1 atom stereocenters. The van der Waals surface area contributed by atoms with Crippen molar-refractivity contribution >= 4 is 0 Å². The second kappa shape index (κ2) is 5.28. The second-order valence-corrected chi connectivity index (χ2v) is 5.16. The molecule has 1 unspecified atom stereocenters. The summed E-state index contributed by atoms with van der Waals surface area (Å²) in [5.74, 6) is 0. The van der Waals surface area contributed by atoms with E-state index in [1.54, 1.807) is 7.11 Å². The molecule has 0 aromatic rings. The fraction of sp³-hybridized carbons (Fsp3) is 1.00. The van der Waals surface area contributed by atoms with Gasteiger partial charge in [0.2, 0.25) is 0 Å². The van der Waals surface area contributed by atoms with Crippen molar-refractivity contribution in [1.82, 2.24) is 10.2 Å². The van der Waals surface area contributed by atoms with E-state index in [1.165, 1.54) is 0 Å². The van der Waals surface area contributed by atoms with E-state index in [0.717, 1.165) is 32.1 Å². The lowest BCUT2D eigenvalue weighted by Crippen LogP contribution is -2.60. The lowest BCUT2D eigenvalue weighted by molar-refractivity contribution is -0.0156. The van der Waals surface area contributed by atoms with Gasteiger partial charge in [0.1, 0.15) is 0 Å². The summed E-state index contributed by atoms with van der Waals surface area (Å²) in [7, 11) is 1.80. The van der Waals surface area contributed by atoms with Gasteiger partial charge in [-0.1, -0.05) is 6.92 Å². The highest BCUT2D eigenvalue weighted by molar-refractivity contribution is 4.88. The third-order valence-corrected chi connectivity index (χ3v) is 3.50. The number of likely N-dealkylation sites (N-methyl/N-ethyl adjacent to an activating group) is 1. The Bertz CT molecular complexity index is 190. The van der Waals surface area contributed by atoms with Gasteiger partial charge in [0.15, 0.2) is 0 Å². The Morgan fingerprint density at radius 1 is 1.47 bits per heavy atom. The first kappa shape index (κ1) is 12.9. The van der Waals surface area contributed by atoms with E-state index >= 15 is 0 Å². The lowest BCUT2D eigenvalue weighted by Gasteiger charge is -2.43. The Balaban J connectivity index is 2.45. The van der Waals surface area contributed by atoms with E-state index in [-0.39, 0.29) is 5.60 Å². The fourth-order valence-electron chi connectivity index (χ4n) is 2.35. The maximum Gasteiger partial charge on any atom is 0.0637 e. The topological polar surface area (TPSA) is 24.5 Å². The van der Waals surface area contributed by atoms with E-state index in [4.69, 9.17) is 4.74 Å². The summed E-state index contributed by atoms with van der Waals surface area (Å²) >= 11 is 0. The summed E-state index contributed by atoms with van der Waals surface area (Å²) in [5, 5.41) is 3.33. The number of hydrogen-bond acceptors (Lipinski definition) is 3. The largest absolute Gasteiger partial charge is 0.379 e. The maximum absolute atomic E-state index is 5.49. The first-order valence-corrected chi connectivity index (χ1v) is 6.01. The molecule has 0 amide bonds. The number of rotatable bonds is 6. The van der Waals surface area contributed by atoms with Crippen LogP contribution in [-0.4, -0.2) is 49.3 Å². The van der Waals surface area contributed by atoms with Crippen LogP contribution in [0.2, 0.25) is 0 Å². The van der Waals surface area contributed by atoms with Crippen molar-refractivity contribution in [3.8, 4) is 0 Å². The Labute approximate surface area is 94.2 Å². The van der Waals surface area contributed by atoms with Crippen LogP contribution in [0.25, 0.3) is 0 Å². The number of nitrogens with zero attached hydrogens (tertiary/aromatic N) is 1. The molecule has 0 aromatic carbocycles. The molecule has 15 heavy (non-hydrogen) atoms. The van der Waals surface area contributed by atoms with Gasteiger partial charge in [-0.3, -0.25) is 4.90 Å². The summed E-state index contributed by atoms with van der Waals surface area (Å²) in [6, 6.07) is 1.33. The molecule has 3 heteroatoms. The minimum Gasteiger partial charge on any atom is -0.379 e. The van der Waals surface area contributed by atoms with Crippen molar-refractivity contribution in [1.29, 1.82) is 0 Å². The molecule has 1 rings (SSSR count). The zero-order chi connectivity index (χ0) is 11.5. The lowest BCUT2D eigenvalue weighted by atomic mass is 9.96. The molecule has 3 nitrogen and oxygen atoms in total. The molecule has 90 valence electrons. The molecule has 0 bridgehead atoms. The van der Waals surface area contributed by atoms with Crippen LogP contribution in [0, 0.1) is 0 Å². The van der Waals surface area contributed by atoms with Gasteiger partial charge < -0.3 is 10.1 Å². The number of nitrogens with one attached hydrogen (secondary N) is 1. The van der Waals surface area contributed by atoms with Gasteiger partial charge in [-0.25, -0.2) is 0 Å². The molecule has 1 aliphatic rings. The third-order valence-electron chi connectivity index (χ3n) is 3.50. The monoisotopic (exact) mass is 214 g/mol. The predicted octanol–water partition coefficient (Wildman–Crippen LogP) is 1.48. The minimum atomic E-state index is -0.00991. The van der Waals surface area contributed by atoms with E-state index < -0.39 is 0 Å². The van der Waals surface area contributed by atoms with Gasteiger partial charge in [0.05, 0.1) is 5.60 Å². The molecule has 1 N–H and O–H groups in total. The number of ether oxygens (including phenoxy) is 1. The molecular weight excluding hydrogens is 188 g/mol. The molecule has 0 aliphatic carbocycles. The molecule has 1 saturated heterocycles. The van der Waals surface area contributed by atoms with E-state index in [2.05, 4.69) is 37.9 Å². The number of methoxy groups -OCH3 is 1. The molecule has 0 saturated carbocycles. The van der Waals surface area contributed by atoms with Crippen LogP contribution in [-0.2, 0) is 4.74 Å². The van der Waals surface area contributed by atoms with Crippen LogP contribution in [0.4, 0.5) is 0 Å². The van der Waals surface area contributed by atoms with Gasteiger partial charge in [0, 0.05) is 32.3 Å². The normalized spacial score (nSPS) is 20.4. The predicted molar refractivity (Wildman–Crippen MR) is 64.2 cm³/mol. The van der Waals surface area contributed by atoms with E-state index in [1.807, 2.05) is 0 Å². The Morgan fingerprint density at radius 2 is 2.07 bits per heavy atom. The summed E-state index contributed by atoms with van der Waals surface area (Å²) in [6.07, 6.45) is 1.09. The van der Waals surface area contributed by atoms with Crippen molar-refractivity contribution < 1.29 is 4.74 Å². The first-order chi connectivity index (χ1) is 7.00. The van der Waals surface area contributed by atoms with Crippen LogP contribution < -0.4 is 5.32 Å². The zero-order valence-corrected chi connectivity index (χ0v) is 10.8. The number of hydrogen-bond donors (Lipinski definition) is 1. The molecular formula is C12H26N2O. The summed E-state index contributed by atoms with van der Waals surface area (Å²) < 4.78 is 5.49. The molecule has 1 fully saturated rings. The second-order valence-electron chi connectivity index (χ2n) is 5.16. The van der Waals surface area contributed by atoms with Crippen molar-refractivity contribution in [2.75, 3.05) is 26.7 Å². The standard InChI is InChI=1S/C12H26N2O/c1-6-14(11-8-13-9-11)10(2)7-12(3,4)15-5/h10-11,13H,6-9H2,1-5H3. The van der Waals surface area contributed by atoms with Crippen molar-refractivity contribution in [3.63, 3.8) is 0 Å². The Morgan fingerprint density at radius 3 is 2.40 bits per heavy atom. The average Bonchev–Trinajstić information content (AvgIpc) is 2.10. The van der Waals surface area contributed by atoms with Crippen LogP contribution >= 0.6 is 0 Å². The highest BCUT2D eigenvalue weighted by Gasteiger charge is 2.30. The fourth-order valence-corrected chi connectivity index (χ4v) is 2.35. The summed E-state index contributed by atoms with van der Waals surface area (Å²) in [5.41, 5.74) is -0.00991. The average molecular weight is 214 g/mol. The highest BCUT2D eigenvalue weighted by atomic mass is 16.5. The van der Waals surface area contributed by atoms with Crippen LogP contribution in [0.5, 0.6) is 0 Å². The van der Waals surface area contributed by atoms with Gasteiger partial charge in [0.25, 0.3) is 0 Å². The van der Waals surface area contributed by atoms with E-state index in [0.29, 0.717) is 6.04 Å². The smallest absolute Gasteiger partial charge is 0.0637 e. The van der Waals surface area contributed by atoms with Crippen LogP contribution in [0.1, 0.15) is 34.1 Å². The third kappa shape index (κ3) is 3.44. The zero-order valence-electron chi connectivity index (χ0n) is 10.8. The van der Waals surface area contributed by atoms with Gasteiger partial charge >= 0.3 is 0 Å². The van der Waals surface area contributed by atoms with Gasteiger partial charge in [-0.15, -0.1) is 0 Å². The van der Waals surface area contributed by atoms with Crippen molar-refractivity contribution in [2.45, 2.75) is 51.8 Å². The molecule has 0 spiro atoms. The summed E-state index contributed by atoms with van der Waals surface area (Å²) in [4.78, 5) is 2.58. The molecule has 0 radical (unpaired) electrons. The Hall–Kier alpha value is -0.120. The maximum atomic E-state index is 5.49. The molecule has 1 aliphatic heterocycles. The SMILES string of the molecule is CCN(C(C)CC(C)(C)OC)C1CNC1. The highest BCUT2D eigenvalue weighted by Crippen LogP contribution is 2.21. The van der Waals surface area contributed by atoms with Crippen LogP contribution in [0.15, 0.2) is 0 Å². The molecule has 0 aromatic heterocycles. The summed E-state index contributed by atoms with van der Waals surface area (Å²) in [6.45, 7) is 12.3. The molecule has 1 heterocycles. The van der Waals surface area contributed by atoms with Crippen LogP contribution in [0.3, 0.4) is 0 Å². The van der Waals surface area contributed by atoms with Gasteiger partial charge in [-0.05, 0) is 33.7 Å². The quantitative estimate of drug-likeness (QED) is 0.725. The first-order valence-electron chi connectivity index (χ1n) is 6.01. The van der Waals surface area contributed by atoms with Crippen molar-refractivity contribution in [2.24, 2.45) is 0 Å². The Kier molecular flexibility index (Phi) is 4.56. The van der Waals surface area contributed by atoms with Gasteiger partial charge in [-0.2, -0.15) is 0 Å². The minimum absolute atomic E-state index is 0.00991. The van der Waals surface area contributed by atoms with Crippen molar-refractivity contribution in [3.05, 3.63) is 0 Å².